The van der Waals surface area contributed by atoms with Crippen LogP contribution >= 0.6 is 12.4 Å². The summed E-state index contributed by atoms with van der Waals surface area (Å²) in [7, 11) is 0. The zero-order valence-corrected chi connectivity index (χ0v) is 10.9. The standard InChI is InChI=1S/C12H18N2O2.ClH/c1-3-16-11-6-4-10(5-7-11)14-12(15)8-9(2)13;/h4-7,9H,3,8,13H2,1-2H3,(H,14,15);1H. The summed E-state index contributed by atoms with van der Waals surface area (Å²) >= 11 is 0. The summed E-state index contributed by atoms with van der Waals surface area (Å²) in [5.41, 5.74) is 6.29. The Bertz CT molecular complexity index is 339. The van der Waals surface area contributed by atoms with Crippen molar-refractivity contribution in [3.8, 4) is 5.75 Å². The summed E-state index contributed by atoms with van der Waals surface area (Å²) in [5, 5.41) is 2.77. The first-order chi connectivity index (χ1) is 7.61. The Hall–Kier alpha value is -1.26. The lowest BCUT2D eigenvalue weighted by atomic mass is 10.2. The van der Waals surface area contributed by atoms with E-state index in [1.165, 1.54) is 0 Å². The second-order valence-corrected chi connectivity index (χ2v) is 3.69. The van der Waals surface area contributed by atoms with E-state index in [1.54, 1.807) is 6.92 Å². The number of hydrogen-bond acceptors (Lipinski definition) is 3. The molecule has 0 aliphatic carbocycles. The van der Waals surface area contributed by atoms with Crippen molar-refractivity contribution in [2.75, 3.05) is 11.9 Å². The minimum atomic E-state index is -0.123. The van der Waals surface area contributed by atoms with Crippen molar-refractivity contribution in [2.24, 2.45) is 5.73 Å². The topological polar surface area (TPSA) is 64.3 Å². The molecule has 0 spiro atoms. The Balaban J connectivity index is 0.00000256. The molecular weight excluding hydrogens is 240 g/mol. The molecule has 0 bridgehead atoms. The van der Waals surface area contributed by atoms with Crippen molar-refractivity contribution in [3.63, 3.8) is 0 Å². The Morgan fingerprint density at radius 2 is 2.00 bits per heavy atom. The summed E-state index contributed by atoms with van der Waals surface area (Å²) in [6.45, 7) is 4.37. The third kappa shape index (κ3) is 6.14. The molecule has 0 aromatic heterocycles. The number of amides is 1. The molecule has 0 heterocycles. The zero-order valence-electron chi connectivity index (χ0n) is 10.1. The second-order valence-electron chi connectivity index (χ2n) is 3.69. The van der Waals surface area contributed by atoms with E-state index in [4.69, 9.17) is 10.5 Å². The quantitative estimate of drug-likeness (QED) is 0.851. The van der Waals surface area contributed by atoms with Gasteiger partial charge in [-0.2, -0.15) is 0 Å². The van der Waals surface area contributed by atoms with Crippen LogP contribution in [0.1, 0.15) is 20.3 Å². The number of ether oxygens (including phenoxy) is 1. The van der Waals surface area contributed by atoms with Gasteiger partial charge < -0.3 is 15.8 Å². The van der Waals surface area contributed by atoms with Crippen LogP contribution in [0.5, 0.6) is 5.75 Å². The SMILES string of the molecule is CCOc1ccc(NC(=O)CC(C)N)cc1.Cl. The molecule has 1 aromatic carbocycles. The first kappa shape index (κ1) is 15.7. The molecule has 0 aliphatic heterocycles. The number of anilines is 1. The lowest BCUT2D eigenvalue weighted by Gasteiger charge is -2.08. The summed E-state index contributed by atoms with van der Waals surface area (Å²) in [5.74, 6) is 0.729. The van der Waals surface area contributed by atoms with E-state index in [-0.39, 0.29) is 24.4 Å². The molecule has 1 unspecified atom stereocenters. The Morgan fingerprint density at radius 1 is 1.41 bits per heavy atom. The normalized spacial score (nSPS) is 11.2. The third-order valence-corrected chi connectivity index (χ3v) is 1.96. The van der Waals surface area contributed by atoms with Crippen molar-refractivity contribution in [2.45, 2.75) is 26.3 Å². The summed E-state index contributed by atoms with van der Waals surface area (Å²) in [6, 6.07) is 7.15. The van der Waals surface area contributed by atoms with Crippen LogP contribution in [0.4, 0.5) is 5.69 Å². The van der Waals surface area contributed by atoms with Crippen molar-refractivity contribution in [1.82, 2.24) is 0 Å². The second kappa shape index (κ2) is 7.92. The number of halogens is 1. The van der Waals surface area contributed by atoms with Crippen LogP contribution in [0.3, 0.4) is 0 Å². The molecule has 1 aromatic rings. The molecule has 5 heteroatoms. The molecule has 0 saturated heterocycles. The van der Waals surface area contributed by atoms with E-state index in [9.17, 15) is 4.79 Å². The molecule has 0 radical (unpaired) electrons. The van der Waals surface area contributed by atoms with Gasteiger partial charge in [0.05, 0.1) is 6.61 Å². The van der Waals surface area contributed by atoms with Crippen LogP contribution in [0.25, 0.3) is 0 Å². The Kier molecular flexibility index (Phi) is 7.34. The highest BCUT2D eigenvalue weighted by atomic mass is 35.5. The highest BCUT2D eigenvalue weighted by molar-refractivity contribution is 5.91. The Labute approximate surface area is 108 Å². The van der Waals surface area contributed by atoms with Gasteiger partial charge in [-0.25, -0.2) is 0 Å². The maximum absolute atomic E-state index is 11.4. The molecule has 96 valence electrons. The predicted octanol–water partition coefficient (Wildman–Crippen LogP) is 2.18. The van der Waals surface area contributed by atoms with E-state index in [0.717, 1.165) is 11.4 Å². The van der Waals surface area contributed by atoms with Gasteiger partial charge in [0.1, 0.15) is 5.75 Å². The first-order valence-electron chi connectivity index (χ1n) is 5.40. The van der Waals surface area contributed by atoms with Gasteiger partial charge in [-0.1, -0.05) is 0 Å². The van der Waals surface area contributed by atoms with Gasteiger partial charge in [0.15, 0.2) is 0 Å². The van der Waals surface area contributed by atoms with E-state index in [0.29, 0.717) is 13.0 Å². The smallest absolute Gasteiger partial charge is 0.225 e. The largest absolute Gasteiger partial charge is 0.494 e. The van der Waals surface area contributed by atoms with Crippen LogP contribution in [0.2, 0.25) is 0 Å². The molecule has 0 saturated carbocycles. The molecule has 1 rings (SSSR count). The highest BCUT2D eigenvalue weighted by Crippen LogP contribution is 2.15. The van der Waals surface area contributed by atoms with Gasteiger partial charge in [0, 0.05) is 18.2 Å². The fourth-order valence-corrected chi connectivity index (χ4v) is 1.31. The molecular formula is C12H19ClN2O2. The number of carbonyl (C=O) groups is 1. The minimum absolute atomic E-state index is 0. The van der Waals surface area contributed by atoms with E-state index < -0.39 is 0 Å². The summed E-state index contributed by atoms with van der Waals surface area (Å²) in [6.07, 6.45) is 0.327. The average Bonchev–Trinajstić information content (AvgIpc) is 2.20. The lowest BCUT2D eigenvalue weighted by Crippen LogP contribution is -2.23. The van der Waals surface area contributed by atoms with Crippen LogP contribution in [0.15, 0.2) is 24.3 Å². The van der Waals surface area contributed by atoms with Gasteiger partial charge in [0.2, 0.25) is 5.91 Å². The van der Waals surface area contributed by atoms with Gasteiger partial charge in [-0.05, 0) is 38.1 Å². The average molecular weight is 259 g/mol. The number of carbonyl (C=O) groups excluding carboxylic acids is 1. The number of rotatable bonds is 5. The molecule has 1 atom stereocenters. The van der Waals surface area contributed by atoms with Crippen LogP contribution in [-0.4, -0.2) is 18.6 Å². The van der Waals surface area contributed by atoms with Crippen molar-refractivity contribution < 1.29 is 9.53 Å². The lowest BCUT2D eigenvalue weighted by molar-refractivity contribution is -0.116. The number of hydrogen-bond donors (Lipinski definition) is 2. The van der Waals surface area contributed by atoms with Crippen LogP contribution in [-0.2, 0) is 4.79 Å². The fraction of sp³-hybridized carbons (Fsp3) is 0.417. The third-order valence-electron chi connectivity index (χ3n) is 1.96. The number of benzene rings is 1. The molecule has 4 nitrogen and oxygen atoms in total. The van der Waals surface area contributed by atoms with Crippen molar-refractivity contribution in [1.29, 1.82) is 0 Å². The monoisotopic (exact) mass is 258 g/mol. The summed E-state index contributed by atoms with van der Waals surface area (Å²) < 4.78 is 5.30. The van der Waals surface area contributed by atoms with E-state index >= 15 is 0 Å². The summed E-state index contributed by atoms with van der Waals surface area (Å²) in [4.78, 5) is 11.4. The van der Waals surface area contributed by atoms with Gasteiger partial charge in [0.25, 0.3) is 0 Å². The zero-order chi connectivity index (χ0) is 12.0. The van der Waals surface area contributed by atoms with Gasteiger partial charge in [-0.3, -0.25) is 4.79 Å². The van der Waals surface area contributed by atoms with Gasteiger partial charge >= 0.3 is 0 Å². The first-order valence-corrected chi connectivity index (χ1v) is 5.40. The van der Waals surface area contributed by atoms with Gasteiger partial charge in [-0.15, -0.1) is 12.4 Å². The van der Waals surface area contributed by atoms with Crippen LogP contribution in [0, 0.1) is 0 Å². The highest BCUT2D eigenvalue weighted by Gasteiger charge is 2.05. The van der Waals surface area contributed by atoms with Crippen molar-refractivity contribution in [3.05, 3.63) is 24.3 Å². The van der Waals surface area contributed by atoms with E-state index in [1.807, 2.05) is 31.2 Å². The molecule has 17 heavy (non-hydrogen) atoms. The number of nitrogens with two attached hydrogens (primary N) is 1. The van der Waals surface area contributed by atoms with Crippen molar-refractivity contribution >= 4 is 24.0 Å². The fourth-order valence-electron chi connectivity index (χ4n) is 1.31. The predicted molar refractivity (Wildman–Crippen MR) is 71.8 cm³/mol. The Morgan fingerprint density at radius 3 is 2.47 bits per heavy atom. The number of nitrogens with one attached hydrogen (secondary N) is 1. The molecule has 0 fully saturated rings. The molecule has 0 aliphatic rings. The molecule has 3 N–H and O–H groups in total. The maximum atomic E-state index is 11.4. The molecule has 1 amide bonds. The maximum Gasteiger partial charge on any atom is 0.225 e. The van der Waals surface area contributed by atoms with E-state index in [2.05, 4.69) is 5.32 Å². The minimum Gasteiger partial charge on any atom is -0.494 e. The van der Waals surface area contributed by atoms with Crippen LogP contribution < -0.4 is 15.8 Å².